The van der Waals surface area contributed by atoms with Crippen LogP contribution in [-0.2, 0) is 0 Å². The minimum Gasteiger partial charge on any atom is -0.392 e. The molecule has 0 amide bonds. The predicted octanol–water partition coefficient (Wildman–Crippen LogP) is 0.624. The zero-order valence-corrected chi connectivity index (χ0v) is 10.1. The molecule has 0 aliphatic rings. The molecule has 1 aromatic heterocycles. The molecular formula is C11H12N4O4. The molecule has 2 aromatic rings. The number of nitrogens with one attached hydrogen (secondary N) is 2. The molecule has 0 fully saturated rings. The van der Waals surface area contributed by atoms with E-state index in [0.29, 0.717) is 5.52 Å². The molecule has 0 saturated carbocycles. The van der Waals surface area contributed by atoms with E-state index >= 15 is 0 Å². The second-order valence-corrected chi connectivity index (χ2v) is 4.11. The molecule has 0 bridgehead atoms. The van der Waals surface area contributed by atoms with Crippen LogP contribution in [0, 0.1) is 10.1 Å². The highest BCUT2D eigenvalue weighted by Gasteiger charge is 2.17. The lowest BCUT2D eigenvalue weighted by molar-refractivity contribution is -0.383. The maximum Gasteiger partial charge on any atom is 0.293 e. The summed E-state index contributed by atoms with van der Waals surface area (Å²) < 4.78 is 0. The van der Waals surface area contributed by atoms with Crippen LogP contribution in [0.1, 0.15) is 6.92 Å². The molecule has 0 aliphatic carbocycles. The number of nitrogens with zero attached hydrogens (tertiary/aromatic N) is 2. The second-order valence-electron chi connectivity index (χ2n) is 4.11. The molecule has 19 heavy (non-hydrogen) atoms. The molecule has 3 N–H and O–H groups in total. The molecule has 0 spiro atoms. The van der Waals surface area contributed by atoms with Crippen molar-refractivity contribution in [1.82, 2.24) is 9.97 Å². The van der Waals surface area contributed by atoms with Crippen LogP contribution in [0.4, 0.5) is 11.4 Å². The number of aliphatic hydroxyl groups excluding tert-OH is 1. The van der Waals surface area contributed by atoms with Gasteiger partial charge in [-0.25, -0.2) is 4.98 Å². The van der Waals surface area contributed by atoms with Gasteiger partial charge in [-0.15, -0.1) is 0 Å². The Balaban J connectivity index is 2.58. The van der Waals surface area contributed by atoms with Crippen molar-refractivity contribution in [2.45, 2.75) is 13.0 Å². The number of nitro groups is 1. The first-order chi connectivity index (χ1) is 8.99. The summed E-state index contributed by atoms with van der Waals surface area (Å²) in [6, 6.07) is 2.59. The van der Waals surface area contributed by atoms with E-state index in [0.717, 1.165) is 0 Å². The van der Waals surface area contributed by atoms with Crippen molar-refractivity contribution in [3.05, 3.63) is 38.9 Å². The van der Waals surface area contributed by atoms with Crippen LogP contribution in [-0.4, -0.2) is 32.6 Å². The monoisotopic (exact) mass is 264 g/mol. The molecular weight excluding hydrogens is 252 g/mol. The Kier molecular flexibility index (Phi) is 3.43. The number of anilines is 1. The Morgan fingerprint density at radius 2 is 2.32 bits per heavy atom. The quantitative estimate of drug-likeness (QED) is 0.550. The highest BCUT2D eigenvalue weighted by atomic mass is 16.6. The predicted molar refractivity (Wildman–Crippen MR) is 69.2 cm³/mol. The molecule has 2 rings (SSSR count). The summed E-state index contributed by atoms with van der Waals surface area (Å²) in [6.45, 7) is 1.72. The van der Waals surface area contributed by atoms with Crippen LogP contribution >= 0.6 is 0 Å². The van der Waals surface area contributed by atoms with Crippen molar-refractivity contribution in [2.24, 2.45) is 0 Å². The van der Waals surface area contributed by atoms with Gasteiger partial charge in [-0.1, -0.05) is 0 Å². The van der Waals surface area contributed by atoms with E-state index in [9.17, 15) is 20.0 Å². The summed E-state index contributed by atoms with van der Waals surface area (Å²) in [5, 5.41) is 23.1. The van der Waals surface area contributed by atoms with Crippen LogP contribution in [0.15, 0.2) is 23.3 Å². The van der Waals surface area contributed by atoms with Gasteiger partial charge in [-0.3, -0.25) is 14.9 Å². The molecule has 0 unspecified atom stereocenters. The molecule has 1 heterocycles. The van der Waals surface area contributed by atoms with Crippen LogP contribution in [0.2, 0.25) is 0 Å². The first-order valence-corrected chi connectivity index (χ1v) is 5.57. The zero-order chi connectivity index (χ0) is 14.0. The lowest BCUT2D eigenvalue weighted by Crippen LogP contribution is -2.16. The van der Waals surface area contributed by atoms with Gasteiger partial charge >= 0.3 is 0 Å². The number of aliphatic hydroxyl groups is 1. The van der Waals surface area contributed by atoms with Gasteiger partial charge in [-0.2, -0.15) is 0 Å². The second kappa shape index (κ2) is 5.02. The highest BCUT2D eigenvalue weighted by Crippen LogP contribution is 2.27. The minimum absolute atomic E-state index is 0.150. The number of H-pyrrole nitrogens is 1. The van der Waals surface area contributed by atoms with Crippen molar-refractivity contribution < 1.29 is 10.0 Å². The van der Waals surface area contributed by atoms with Gasteiger partial charge in [0.25, 0.3) is 11.2 Å². The Bertz CT molecular complexity index is 680. The maximum absolute atomic E-state index is 11.6. The van der Waals surface area contributed by atoms with Crippen LogP contribution in [0.5, 0.6) is 0 Å². The lowest BCUT2D eigenvalue weighted by atomic mass is 10.2. The van der Waals surface area contributed by atoms with E-state index in [2.05, 4.69) is 15.3 Å². The molecule has 1 atom stereocenters. The largest absolute Gasteiger partial charge is 0.392 e. The molecule has 8 heteroatoms. The fourth-order valence-electron chi connectivity index (χ4n) is 1.65. The smallest absolute Gasteiger partial charge is 0.293 e. The third-order valence-electron chi connectivity index (χ3n) is 2.54. The summed E-state index contributed by atoms with van der Waals surface area (Å²) >= 11 is 0. The van der Waals surface area contributed by atoms with Gasteiger partial charge in [0.15, 0.2) is 0 Å². The summed E-state index contributed by atoms with van der Waals surface area (Å²) in [6.07, 6.45) is 0.581. The minimum atomic E-state index is -0.651. The highest BCUT2D eigenvalue weighted by molar-refractivity contribution is 5.86. The van der Waals surface area contributed by atoms with Gasteiger partial charge in [0, 0.05) is 12.6 Å². The molecule has 8 nitrogen and oxygen atoms in total. The summed E-state index contributed by atoms with van der Waals surface area (Å²) in [5.41, 5.74) is -0.0965. The number of hydrogen-bond donors (Lipinski definition) is 3. The summed E-state index contributed by atoms with van der Waals surface area (Å²) in [5.74, 6) is 0. The number of aromatic nitrogens is 2. The number of hydrogen-bond acceptors (Lipinski definition) is 6. The Morgan fingerprint density at radius 3 is 2.95 bits per heavy atom. The first-order valence-electron chi connectivity index (χ1n) is 5.57. The van der Waals surface area contributed by atoms with E-state index in [1.165, 1.54) is 18.5 Å². The fraction of sp³-hybridized carbons (Fsp3) is 0.273. The van der Waals surface area contributed by atoms with E-state index in [1.807, 2.05) is 0 Å². The average Bonchev–Trinajstić information content (AvgIpc) is 2.35. The van der Waals surface area contributed by atoms with E-state index in [1.54, 1.807) is 6.92 Å². The average molecular weight is 264 g/mol. The van der Waals surface area contributed by atoms with Gasteiger partial charge in [0.2, 0.25) is 0 Å². The van der Waals surface area contributed by atoms with Crippen molar-refractivity contribution in [3.8, 4) is 0 Å². The summed E-state index contributed by atoms with van der Waals surface area (Å²) in [4.78, 5) is 28.3. The summed E-state index contributed by atoms with van der Waals surface area (Å²) in [7, 11) is 0. The molecule has 0 aliphatic heterocycles. The number of benzene rings is 1. The van der Waals surface area contributed by atoms with Gasteiger partial charge in [-0.05, 0) is 13.0 Å². The van der Waals surface area contributed by atoms with Crippen molar-refractivity contribution in [1.29, 1.82) is 0 Å². The third-order valence-corrected chi connectivity index (χ3v) is 2.54. The van der Waals surface area contributed by atoms with E-state index in [4.69, 9.17) is 0 Å². The molecule has 1 aromatic carbocycles. The lowest BCUT2D eigenvalue weighted by Gasteiger charge is -2.09. The van der Waals surface area contributed by atoms with E-state index in [-0.39, 0.29) is 23.3 Å². The van der Waals surface area contributed by atoms with Crippen LogP contribution < -0.4 is 10.9 Å². The van der Waals surface area contributed by atoms with E-state index < -0.39 is 16.6 Å². The number of rotatable bonds is 4. The van der Waals surface area contributed by atoms with Gasteiger partial charge < -0.3 is 15.4 Å². The Labute approximate surface area is 107 Å². The first kappa shape index (κ1) is 13.0. The molecule has 0 saturated heterocycles. The zero-order valence-electron chi connectivity index (χ0n) is 10.1. The fourth-order valence-corrected chi connectivity index (χ4v) is 1.65. The molecule has 0 radical (unpaired) electrons. The maximum atomic E-state index is 11.6. The van der Waals surface area contributed by atoms with Crippen molar-refractivity contribution in [3.63, 3.8) is 0 Å². The van der Waals surface area contributed by atoms with Crippen LogP contribution in [0.3, 0.4) is 0 Å². The van der Waals surface area contributed by atoms with Gasteiger partial charge in [0.05, 0.1) is 28.3 Å². The Hall–Kier alpha value is -2.48. The number of aromatic amines is 1. The topological polar surface area (TPSA) is 121 Å². The normalized spacial score (nSPS) is 12.3. The third kappa shape index (κ3) is 2.68. The Morgan fingerprint density at radius 1 is 1.58 bits per heavy atom. The van der Waals surface area contributed by atoms with Crippen molar-refractivity contribution in [2.75, 3.05) is 11.9 Å². The van der Waals surface area contributed by atoms with Gasteiger partial charge in [0.1, 0.15) is 5.69 Å². The van der Waals surface area contributed by atoms with Crippen molar-refractivity contribution >= 4 is 22.3 Å². The number of nitro benzene ring substituents is 1. The standard InChI is InChI=1S/C11H12N4O4/c1-6(16)4-12-9-3-8-7(2-10(9)15(18)19)11(17)14-5-13-8/h2-3,5-6,12,16H,4H2,1H3,(H,13,14,17)/t6-/m1/s1. The molecule has 100 valence electrons. The number of fused-ring (bicyclic) bond motifs is 1. The SMILES string of the molecule is C[C@@H](O)CNc1cc2nc[nH]c(=O)c2cc1[N+](=O)[O-]. The van der Waals surface area contributed by atoms with Crippen LogP contribution in [0.25, 0.3) is 10.9 Å².